The number of halogens is 3. The predicted octanol–water partition coefficient (Wildman–Crippen LogP) is 2.21. The second-order valence-electron chi connectivity index (χ2n) is 10.4. The molecule has 3 aromatic rings. The van der Waals surface area contributed by atoms with Crippen molar-refractivity contribution >= 4 is 71.5 Å². The van der Waals surface area contributed by atoms with Gasteiger partial charge in [-0.15, -0.1) is 37.2 Å². The van der Waals surface area contributed by atoms with Gasteiger partial charge in [-0.05, 0) is 43.4 Å². The van der Waals surface area contributed by atoms with Crippen LogP contribution in [0.2, 0.25) is 0 Å². The van der Waals surface area contributed by atoms with E-state index in [0.29, 0.717) is 25.1 Å². The molecule has 2 fully saturated rings. The van der Waals surface area contributed by atoms with E-state index in [2.05, 4.69) is 20.9 Å². The van der Waals surface area contributed by atoms with Crippen molar-refractivity contribution in [3.8, 4) is 0 Å². The van der Waals surface area contributed by atoms with Crippen molar-refractivity contribution in [2.45, 2.75) is 56.0 Å². The maximum absolute atomic E-state index is 13.4. The zero-order chi connectivity index (χ0) is 27.4. The fourth-order valence-electron chi connectivity index (χ4n) is 5.33. The van der Waals surface area contributed by atoms with E-state index in [1.54, 1.807) is 6.20 Å². The molecule has 3 amide bonds. The molecule has 13 heteroatoms. The van der Waals surface area contributed by atoms with E-state index in [0.717, 1.165) is 16.5 Å². The number of aromatic nitrogens is 1. The Morgan fingerprint density at radius 3 is 2.48 bits per heavy atom. The number of nitrogens with zero attached hydrogens (tertiary/aromatic N) is 2. The van der Waals surface area contributed by atoms with Gasteiger partial charge in [0.25, 0.3) is 0 Å². The molecule has 5 atom stereocenters. The van der Waals surface area contributed by atoms with Crippen LogP contribution in [0.15, 0.2) is 66.9 Å². The van der Waals surface area contributed by atoms with Crippen LogP contribution >= 0.6 is 37.2 Å². The molecule has 2 aliphatic rings. The smallest absolute Gasteiger partial charge is 0.249 e. The number of amides is 3. The summed E-state index contributed by atoms with van der Waals surface area (Å²) in [6.07, 6.45) is 1.93. The van der Waals surface area contributed by atoms with Gasteiger partial charge in [-0.2, -0.15) is 0 Å². The van der Waals surface area contributed by atoms with Crippen LogP contribution in [0.5, 0.6) is 0 Å². The maximum Gasteiger partial charge on any atom is 0.249 e. The summed E-state index contributed by atoms with van der Waals surface area (Å²) < 4.78 is 0. The number of aryl methyl sites for hydroxylation is 1. The molecule has 0 spiro atoms. The third-order valence-corrected chi connectivity index (χ3v) is 7.41. The number of para-hydroxylation sites is 1. The molecule has 10 nitrogen and oxygen atoms in total. The monoisotopic (exact) mass is 638 g/mol. The summed E-state index contributed by atoms with van der Waals surface area (Å²) in [7, 11) is 0. The summed E-state index contributed by atoms with van der Waals surface area (Å²) in [5, 5.41) is 20.2. The standard InChI is InChI=1S/C29H34N6O4.3ClH/c30-20-13-24(31-15-20)29(39)35-17-22(34-28(38)26(36)11-10-18-6-2-1-3-7-18)14-25(35)27(37)33-21-12-19-8-4-5-9-23(19)32-16-21;;;/h1-9,12,16,20,22,24-26,31,36H,10-11,13-15,17,30H2,(H,33,37)(H,34,38);3*1H/t20-,22+,24+,25+,26-;;;/m1.../s1. The average molecular weight is 640 g/mol. The number of aliphatic hydroxyl groups excluding tert-OH is 1. The SMILES string of the molecule is Cl.Cl.Cl.N[C@H]1CN[C@H](C(=O)N2C[C@@H](NC(=O)[C@H](O)CCc3ccccc3)C[C@H]2C(=O)Nc2cnc3ccccc3c2)C1. The van der Waals surface area contributed by atoms with Crippen molar-refractivity contribution in [3.05, 3.63) is 72.4 Å². The van der Waals surface area contributed by atoms with Gasteiger partial charge in [0.15, 0.2) is 0 Å². The number of anilines is 1. The number of carbonyl (C=O) groups is 3. The van der Waals surface area contributed by atoms with Gasteiger partial charge in [0, 0.05) is 30.6 Å². The highest BCUT2D eigenvalue weighted by Gasteiger charge is 2.43. The Labute approximate surface area is 263 Å². The van der Waals surface area contributed by atoms with E-state index in [1.807, 2.05) is 60.7 Å². The number of carbonyl (C=O) groups excluding carboxylic acids is 3. The number of nitrogens with two attached hydrogens (primary N) is 1. The van der Waals surface area contributed by atoms with Crippen molar-refractivity contribution in [1.29, 1.82) is 0 Å². The zero-order valence-corrected chi connectivity index (χ0v) is 25.3. The molecule has 0 radical (unpaired) electrons. The quantitative estimate of drug-likeness (QED) is 0.254. The van der Waals surface area contributed by atoms with Crippen LogP contribution < -0.4 is 21.7 Å². The lowest BCUT2D eigenvalue weighted by atomic mass is 10.1. The lowest BCUT2D eigenvalue weighted by molar-refractivity contribution is -0.138. The molecule has 0 bridgehead atoms. The van der Waals surface area contributed by atoms with Gasteiger partial charge in [-0.1, -0.05) is 48.5 Å². The summed E-state index contributed by atoms with van der Waals surface area (Å²) in [6, 6.07) is 17.2. The van der Waals surface area contributed by atoms with Crippen molar-refractivity contribution in [2.24, 2.45) is 5.73 Å². The van der Waals surface area contributed by atoms with Gasteiger partial charge in [0.05, 0.1) is 23.4 Å². The van der Waals surface area contributed by atoms with Crippen LogP contribution in [0.25, 0.3) is 10.9 Å². The Kier molecular flexibility index (Phi) is 13.4. The molecule has 1 aromatic heterocycles. The van der Waals surface area contributed by atoms with Crippen molar-refractivity contribution < 1.29 is 19.5 Å². The molecular formula is C29H37Cl3N6O4. The van der Waals surface area contributed by atoms with Crippen molar-refractivity contribution in [2.75, 3.05) is 18.4 Å². The number of benzene rings is 2. The second-order valence-corrected chi connectivity index (χ2v) is 10.4. The number of fused-ring (bicyclic) bond motifs is 1. The number of hydrogen-bond acceptors (Lipinski definition) is 7. The minimum atomic E-state index is -1.19. The van der Waals surface area contributed by atoms with Gasteiger partial charge in [-0.3, -0.25) is 19.4 Å². The minimum Gasteiger partial charge on any atom is -0.383 e. The van der Waals surface area contributed by atoms with Gasteiger partial charge < -0.3 is 31.7 Å². The molecule has 2 aromatic carbocycles. The Bertz CT molecular complexity index is 1350. The van der Waals surface area contributed by atoms with E-state index >= 15 is 0 Å². The number of rotatable bonds is 8. The molecule has 0 aliphatic carbocycles. The summed E-state index contributed by atoms with van der Waals surface area (Å²) in [5.41, 5.74) is 8.36. The lowest BCUT2D eigenvalue weighted by Gasteiger charge is -2.26. The molecule has 6 N–H and O–H groups in total. The Balaban J connectivity index is 0.00000205. The first kappa shape index (κ1) is 35.2. The zero-order valence-electron chi connectivity index (χ0n) is 22.8. The van der Waals surface area contributed by atoms with Gasteiger partial charge >= 0.3 is 0 Å². The first-order chi connectivity index (χ1) is 18.9. The number of nitrogens with one attached hydrogen (secondary N) is 3. The number of aliphatic hydroxyl groups is 1. The van der Waals surface area contributed by atoms with E-state index in [9.17, 15) is 19.5 Å². The third-order valence-electron chi connectivity index (χ3n) is 7.41. The topological polar surface area (TPSA) is 150 Å². The molecule has 2 saturated heterocycles. The Morgan fingerprint density at radius 1 is 1.05 bits per heavy atom. The Morgan fingerprint density at radius 2 is 1.76 bits per heavy atom. The van der Waals surface area contributed by atoms with Crippen molar-refractivity contribution in [3.63, 3.8) is 0 Å². The van der Waals surface area contributed by atoms with Crippen LogP contribution in [0.3, 0.4) is 0 Å². The number of likely N-dealkylation sites (tertiary alicyclic amines) is 1. The molecule has 0 unspecified atom stereocenters. The van der Waals surface area contributed by atoms with Crippen LogP contribution in [0.4, 0.5) is 5.69 Å². The number of hydrogen-bond donors (Lipinski definition) is 5. The van der Waals surface area contributed by atoms with E-state index in [1.165, 1.54) is 4.90 Å². The van der Waals surface area contributed by atoms with Crippen LogP contribution in [-0.2, 0) is 20.8 Å². The molecule has 42 heavy (non-hydrogen) atoms. The van der Waals surface area contributed by atoms with Crippen LogP contribution in [-0.4, -0.2) is 76.1 Å². The summed E-state index contributed by atoms with van der Waals surface area (Å²) in [4.78, 5) is 45.5. The molecule has 0 saturated carbocycles. The fourth-order valence-corrected chi connectivity index (χ4v) is 5.33. The maximum atomic E-state index is 13.4. The second kappa shape index (κ2) is 16.0. The number of pyridine rings is 1. The highest BCUT2D eigenvalue weighted by Crippen LogP contribution is 2.24. The third kappa shape index (κ3) is 8.53. The fraction of sp³-hybridized carbons (Fsp3) is 0.379. The van der Waals surface area contributed by atoms with Gasteiger partial charge in [-0.25, -0.2) is 0 Å². The minimum absolute atomic E-state index is 0. The normalized spacial score (nSPS) is 21.8. The van der Waals surface area contributed by atoms with E-state index in [-0.39, 0.29) is 74.5 Å². The summed E-state index contributed by atoms with van der Waals surface area (Å²) >= 11 is 0. The lowest BCUT2D eigenvalue weighted by Crippen LogP contribution is -2.50. The molecule has 228 valence electrons. The molecular weight excluding hydrogens is 603 g/mol. The summed E-state index contributed by atoms with van der Waals surface area (Å²) in [5.74, 6) is -1.09. The van der Waals surface area contributed by atoms with Gasteiger partial charge in [0.2, 0.25) is 17.7 Å². The highest BCUT2D eigenvalue weighted by atomic mass is 35.5. The van der Waals surface area contributed by atoms with Crippen molar-refractivity contribution in [1.82, 2.24) is 20.5 Å². The van der Waals surface area contributed by atoms with Crippen LogP contribution in [0.1, 0.15) is 24.8 Å². The first-order valence-corrected chi connectivity index (χ1v) is 13.3. The Hall–Kier alpha value is -2.99. The van der Waals surface area contributed by atoms with E-state index in [4.69, 9.17) is 5.73 Å². The average Bonchev–Trinajstić information content (AvgIpc) is 3.58. The molecule has 3 heterocycles. The molecule has 5 rings (SSSR count). The van der Waals surface area contributed by atoms with Gasteiger partial charge in [0.1, 0.15) is 12.1 Å². The van der Waals surface area contributed by atoms with Crippen LogP contribution in [0, 0.1) is 0 Å². The predicted molar refractivity (Wildman–Crippen MR) is 169 cm³/mol. The first-order valence-electron chi connectivity index (χ1n) is 13.3. The highest BCUT2D eigenvalue weighted by molar-refractivity contribution is 5.99. The summed E-state index contributed by atoms with van der Waals surface area (Å²) in [6.45, 7) is 0.690. The van der Waals surface area contributed by atoms with E-state index < -0.39 is 30.1 Å². The molecule has 2 aliphatic heterocycles. The largest absolute Gasteiger partial charge is 0.383 e.